The Kier molecular flexibility index (Phi) is 3.77. The first kappa shape index (κ1) is 13.4. The summed E-state index contributed by atoms with van der Waals surface area (Å²) in [4.78, 5) is 0. The highest BCUT2D eigenvalue weighted by Crippen LogP contribution is 2.27. The summed E-state index contributed by atoms with van der Waals surface area (Å²) in [7, 11) is 3.14. The highest BCUT2D eigenvalue weighted by Gasteiger charge is 2.24. The van der Waals surface area contributed by atoms with Crippen molar-refractivity contribution >= 4 is 0 Å². The number of nitrogens with two attached hydrogens (primary N) is 1. The molecule has 1 heterocycles. The van der Waals surface area contributed by atoms with E-state index in [2.05, 4.69) is 10.5 Å². The van der Waals surface area contributed by atoms with Crippen molar-refractivity contribution in [1.82, 2.24) is 15.2 Å². The smallest absolute Gasteiger partial charge is 0.211 e. The average Bonchev–Trinajstić information content (AvgIpc) is 2.75. The van der Waals surface area contributed by atoms with Crippen LogP contribution in [0.4, 0.5) is 8.78 Å². The molecule has 0 bridgehead atoms. The van der Waals surface area contributed by atoms with Gasteiger partial charge in [-0.05, 0) is 12.1 Å². The largest absolute Gasteiger partial charge is 0.481 e. The fourth-order valence-electron chi connectivity index (χ4n) is 1.91. The van der Waals surface area contributed by atoms with Gasteiger partial charge in [0, 0.05) is 18.7 Å². The van der Waals surface area contributed by atoms with E-state index in [9.17, 15) is 8.78 Å². The van der Waals surface area contributed by atoms with Gasteiger partial charge in [-0.25, -0.2) is 18.9 Å². The number of methoxy groups -OCH3 is 1. The van der Waals surface area contributed by atoms with Crippen molar-refractivity contribution in [3.05, 3.63) is 47.2 Å². The second-order valence-corrected chi connectivity index (χ2v) is 3.97. The van der Waals surface area contributed by atoms with E-state index in [0.717, 1.165) is 0 Å². The number of benzene rings is 1. The minimum absolute atomic E-state index is 0.175. The van der Waals surface area contributed by atoms with Crippen LogP contribution in [0.3, 0.4) is 0 Å². The van der Waals surface area contributed by atoms with Crippen LogP contribution in [0, 0.1) is 11.6 Å². The minimum atomic E-state index is -0.892. The molecular weight excluding hydrogens is 254 g/mol. The van der Waals surface area contributed by atoms with Crippen LogP contribution in [0.2, 0.25) is 0 Å². The third-order valence-corrected chi connectivity index (χ3v) is 2.82. The third-order valence-electron chi connectivity index (χ3n) is 2.82. The highest BCUT2D eigenvalue weighted by atomic mass is 19.1. The van der Waals surface area contributed by atoms with E-state index in [1.54, 1.807) is 13.1 Å². The number of nitrogens with one attached hydrogen (secondary N) is 1. The lowest BCUT2D eigenvalue weighted by Gasteiger charge is -2.15. The average molecular weight is 268 g/mol. The van der Waals surface area contributed by atoms with Gasteiger partial charge in [0.25, 0.3) is 0 Å². The number of aryl methyl sites for hydroxylation is 1. The van der Waals surface area contributed by atoms with E-state index in [4.69, 9.17) is 10.6 Å². The van der Waals surface area contributed by atoms with E-state index in [1.807, 2.05) is 0 Å². The van der Waals surface area contributed by atoms with Gasteiger partial charge in [-0.1, -0.05) is 6.07 Å². The van der Waals surface area contributed by atoms with Gasteiger partial charge in [0.15, 0.2) is 0 Å². The van der Waals surface area contributed by atoms with E-state index >= 15 is 0 Å². The van der Waals surface area contributed by atoms with E-state index < -0.39 is 17.7 Å². The molecule has 2 aromatic rings. The van der Waals surface area contributed by atoms with Crippen LogP contribution in [0.5, 0.6) is 5.88 Å². The minimum Gasteiger partial charge on any atom is -0.481 e. The van der Waals surface area contributed by atoms with Gasteiger partial charge >= 0.3 is 0 Å². The number of rotatable bonds is 4. The molecule has 102 valence electrons. The zero-order valence-electron chi connectivity index (χ0n) is 10.5. The summed E-state index contributed by atoms with van der Waals surface area (Å²) in [6, 6.07) is 4.31. The first-order valence-corrected chi connectivity index (χ1v) is 5.56. The fraction of sp³-hybridized carbons (Fsp3) is 0.250. The number of hydrogen-bond donors (Lipinski definition) is 2. The molecule has 0 spiro atoms. The standard InChI is InChI=1S/C12H14F2N4O/c1-18-10(19-2)6-9(17-18)12(16-15)11-7(13)4-3-5-8(11)14/h3-6,12,16H,15H2,1-2H3. The zero-order valence-corrected chi connectivity index (χ0v) is 10.5. The van der Waals surface area contributed by atoms with Crippen LogP contribution in [0.15, 0.2) is 24.3 Å². The Balaban J connectivity index is 2.50. The maximum atomic E-state index is 13.8. The molecule has 19 heavy (non-hydrogen) atoms. The van der Waals surface area contributed by atoms with Crippen LogP contribution in [0.1, 0.15) is 17.3 Å². The van der Waals surface area contributed by atoms with Gasteiger partial charge in [-0.2, -0.15) is 5.10 Å². The summed E-state index contributed by atoms with van der Waals surface area (Å²) >= 11 is 0. The topological polar surface area (TPSA) is 65.1 Å². The molecule has 1 aromatic heterocycles. The lowest BCUT2D eigenvalue weighted by molar-refractivity contribution is 0.373. The monoisotopic (exact) mass is 268 g/mol. The van der Waals surface area contributed by atoms with Crippen LogP contribution in [-0.2, 0) is 7.05 Å². The lowest BCUT2D eigenvalue weighted by Crippen LogP contribution is -2.30. The van der Waals surface area contributed by atoms with Crippen molar-refractivity contribution in [3.63, 3.8) is 0 Å². The number of hydrogen-bond acceptors (Lipinski definition) is 4. The predicted octanol–water partition coefficient (Wildman–Crippen LogP) is 1.26. The number of ether oxygens (including phenoxy) is 1. The summed E-state index contributed by atoms with van der Waals surface area (Å²) in [5.74, 6) is 4.49. The number of nitrogens with zero attached hydrogens (tertiary/aromatic N) is 2. The third kappa shape index (κ3) is 2.42. The van der Waals surface area contributed by atoms with Gasteiger partial charge in [-0.15, -0.1) is 0 Å². The maximum absolute atomic E-state index is 13.8. The van der Waals surface area contributed by atoms with Crippen molar-refractivity contribution in [2.45, 2.75) is 6.04 Å². The maximum Gasteiger partial charge on any atom is 0.211 e. The highest BCUT2D eigenvalue weighted by molar-refractivity contribution is 5.32. The Morgan fingerprint density at radius 3 is 2.47 bits per heavy atom. The lowest BCUT2D eigenvalue weighted by atomic mass is 10.0. The van der Waals surface area contributed by atoms with Crippen molar-refractivity contribution in [2.75, 3.05) is 7.11 Å². The fourth-order valence-corrected chi connectivity index (χ4v) is 1.91. The van der Waals surface area contributed by atoms with E-state index in [1.165, 1.54) is 30.0 Å². The molecule has 1 atom stereocenters. The zero-order chi connectivity index (χ0) is 14.0. The Morgan fingerprint density at radius 1 is 1.37 bits per heavy atom. The molecule has 0 aliphatic carbocycles. The Bertz CT molecular complexity index is 565. The molecule has 3 N–H and O–H groups in total. The van der Waals surface area contributed by atoms with Crippen LogP contribution < -0.4 is 16.0 Å². The van der Waals surface area contributed by atoms with E-state index in [0.29, 0.717) is 11.6 Å². The van der Waals surface area contributed by atoms with Gasteiger partial charge in [0.05, 0.1) is 18.8 Å². The van der Waals surface area contributed by atoms with E-state index in [-0.39, 0.29) is 5.56 Å². The molecule has 7 heteroatoms. The second kappa shape index (κ2) is 5.33. The number of halogens is 2. The molecule has 0 fully saturated rings. The Labute approximate surface area is 108 Å². The first-order valence-electron chi connectivity index (χ1n) is 5.56. The molecule has 2 rings (SSSR count). The SMILES string of the molecule is COc1cc(C(NN)c2c(F)cccc2F)nn1C. The molecule has 0 aliphatic heterocycles. The molecule has 1 aromatic carbocycles. The van der Waals surface area contributed by atoms with Gasteiger partial charge in [0.2, 0.25) is 5.88 Å². The quantitative estimate of drug-likeness (QED) is 0.647. The molecule has 0 saturated carbocycles. The number of hydrazine groups is 1. The molecule has 0 radical (unpaired) electrons. The molecule has 1 unspecified atom stereocenters. The van der Waals surface area contributed by atoms with Crippen molar-refractivity contribution in [3.8, 4) is 5.88 Å². The predicted molar refractivity (Wildman–Crippen MR) is 65.3 cm³/mol. The van der Waals surface area contributed by atoms with Crippen molar-refractivity contribution < 1.29 is 13.5 Å². The van der Waals surface area contributed by atoms with Crippen LogP contribution in [0.25, 0.3) is 0 Å². The number of aromatic nitrogens is 2. The molecule has 0 aliphatic rings. The van der Waals surface area contributed by atoms with Crippen molar-refractivity contribution in [2.24, 2.45) is 12.9 Å². The van der Waals surface area contributed by atoms with Crippen LogP contribution >= 0.6 is 0 Å². The van der Waals surface area contributed by atoms with Gasteiger partial charge in [0.1, 0.15) is 11.6 Å². The molecule has 0 amide bonds. The molecule has 5 nitrogen and oxygen atoms in total. The Hall–Kier alpha value is -1.99. The van der Waals surface area contributed by atoms with Crippen molar-refractivity contribution in [1.29, 1.82) is 0 Å². The summed E-state index contributed by atoms with van der Waals surface area (Å²) in [5.41, 5.74) is 2.56. The summed E-state index contributed by atoms with van der Waals surface area (Å²) < 4.78 is 34.0. The van der Waals surface area contributed by atoms with Gasteiger partial charge < -0.3 is 4.74 Å². The summed E-state index contributed by atoms with van der Waals surface area (Å²) in [6.45, 7) is 0. The first-order chi connectivity index (χ1) is 9.08. The summed E-state index contributed by atoms with van der Waals surface area (Å²) in [6.07, 6.45) is 0. The Morgan fingerprint density at radius 2 is 2.00 bits per heavy atom. The van der Waals surface area contributed by atoms with Crippen LogP contribution in [-0.4, -0.2) is 16.9 Å². The molecule has 0 saturated heterocycles. The second-order valence-electron chi connectivity index (χ2n) is 3.97. The molecular formula is C12H14F2N4O. The van der Waals surface area contributed by atoms with Gasteiger partial charge in [-0.3, -0.25) is 5.84 Å². The summed E-state index contributed by atoms with van der Waals surface area (Å²) in [5, 5.41) is 4.13. The normalized spacial score (nSPS) is 12.5.